The molecule has 1 fully saturated rings. The van der Waals surface area contributed by atoms with E-state index in [1.54, 1.807) is 30.3 Å². The molecule has 0 atom stereocenters. The summed E-state index contributed by atoms with van der Waals surface area (Å²) in [6.45, 7) is 1.42. The Kier molecular flexibility index (Phi) is 4.79. The van der Waals surface area contributed by atoms with Crippen LogP contribution in [0.1, 0.15) is 28.9 Å². The Labute approximate surface area is 159 Å². The molecule has 4 rings (SSSR count). The lowest BCUT2D eigenvalue weighted by Crippen LogP contribution is -2.19. The van der Waals surface area contributed by atoms with E-state index in [9.17, 15) is 14.9 Å². The van der Waals surface area contributed by atoms with Crippen molar-refractivity contribution >= 4 is 17.3 Å². The van der Waals surface area contributed by atoms with Crippen molar-refractivity contribution in [1.82, 2.24) is 5.16 Å². The minimum atomic E-state index is -0.668. The van der Waals surface area contributed by atoms with Gasteiger partial charge in [0.1, 0.15) is 18.0 Å². The van der Waals surface area contributed by atoms with E-state index in [1.165, 1.54) is 12.3 Å². The van der Waals surface area contributed by atoms with Crippen molar-refractivity contribution in [3.63, 3.8) is 0 Å². The van der Waals surface area contributed by atoms with Crippen molar-refractivity contribution in [1.29, 1.82) is 0 Å². The van der Waals surface area contributed by atoms with Crippen LogP contribution < -0.4 is 4.90 Å². The van der Waals surface area contributed by atoms with Gasteiger partial charge in [-0.2, -0.15) is 0 Å². The molecular weight excluding hydrogens is 366 g/mol. The largest absolute Gasteiger partial charge is 0.461 e. The van der Waals surface area contributed by atoms with Crippen molar-refractivity contribution in [3.05, 3.63) is 64.0 Å². The number of nitrogens with zero attached hydrogens (tertiary/aromatic N) is 3. The average molecular weight is 383 g/mol. The number of furan rings is 1. The van der Waals surface area contributed by atoms with E-state index in [1.807, 2.05) is 4.90 Å². The van der Waals surface area contributed by atoms with Crippen LogP contribution in [-0.2, 0) is 11.3 Å². The van der Waals surface area contributed by atoms with Gasteiger partial charge in [-0.05, 0) is 37.1 Å². The van der Waals surface area contributed by atoms with Crippen molar-refractivity contribution in [3.8, 4) is 11.5 Å². The number of carbonyl (C=O) groups is 1. The maximum atomic E-state index is 12.3. The van der Waals surface area contributed by atoms with Gasteiger partial charge in [0, 0.05) is 25.2 Å². The number of anilines is 1. The molecule has 1 aliphatic heterocycles. The molecule has 9 heteroatoms. The number of esters is 1. The first-order chi connectivity index (χ1) is 13.6. The fraction of sp³-hybridized carbons (Fsp3) is 0.263. The van der Waals surface area contributed by atoms with Crippen molar-refractivity contribution in [2.24, 2.45) is 0 Å². The monoisotopic (exact) mass is 383 g/mol. The molecule has 0 spiro atoms. The van der Waals surface area contributed by atoms with Crippen molar-refractivity contribution in [2.75, 3.05) is 18.0 Å². The number of carbonyl (C=O) groups excluding carboxylic acids is 1. The van der Waals surface area contributed by atoms with Crippen LogP contribution in [0.5, 0.6) is 0 Å². The average Bonchev–Trinajstić information content (AvgIpc) is 3.47. The number of nitro benzene ring substituents is 1. The first-order valence-corrected chi connectivity index (χ1v) is 8.82. The second kappa shape index (κ2) is 7.55. The van der Waals surface area contributed by atoms with Gasteiger partial charge < -0.3 is 18.6 Å². The Hall–Kier alpha value is -3.62. The van der Waals surface area contributed by atoms with Crippen molar-refractivity contribution < 1.29 is 23.4 Å². The zero-order valence-corrected chi connectivity index (χ0v) is 14.9. The van der Waals surface area contributed by atoms with E-state index in [0.29, 0.717) is 22.9 Å². The third-order valence-corrected chi connectivity index (χ3v) is 4.53. The summed E-state index contributed by atoms with van der Waals surface area (Å²) in [5.74, 6) is 0.262. The molecular formula is C19H17N3O6. The Bertz CT molecular complexity index is 989. The molecule has 2 aromatic heterocycles. The quantitative estimate of drug-likeness (QED) is 0.359. The van der Waals surface area contributed by atoms with Crippen LogP contribution in [0, 0.1) is 10.1 Å². The van der Waals surface area contributed by atoms with Gasteiger partial charge in [-0.15, -0.1) is 0 Å². The lowest BCUT2D eigenvalue weighted by molar-refractivity contribution is -0.384. The van der Waals surface area contributed by atoms with Crippen LogP contribution >= 0.6 is 0 Å². The normalized spacial score (nSPS) is 13.6. The summed E-state index contributed by atoms with van der Waals surface area (Å²) in [5.41, 5.74) is 0.948. The maximum absolute atomic E-state index is 12.3. The van der Waals surface area contributed by atoms with E-state index in [4.69, 9.17) is 13.7 Å². The number of hydrogen-bond donors (Lipinski definition) is 0. The van der Waals surface area contributed by atoms with Crippen LogP contribution in [-0.4, -0.2) is 29.1 Å². The molecule has 1 aliphatic rings. The summed E-state index contributed by atoms with van der Waals surface area (Å²) in [4.78, 5) is 25.3. The number of benzene rings is 1. The third kappa shape index (κ3) is 3.59. The highest BCUT2D eigenvalue weighted by Gasteiger charge is 2.24. The molecule has 0 amide bonds. The van der Waals surface area contributed by atoms with Gasteiger partial charge in [0.25, 0.3) is 5.69 Å². The molecule has 9 nitrogen and oxygen atoms in total. The predicted octanol–water partition coefficient (Wildman–Crippen LogP) is 3.80. The third-order valence-electron chi connectivity index (χ3n) is 4.53. The molecule has 0 bridgehead atoms. The first kappa shape index (κ1) is 17.8. The fourth-order valence-electron chi connectivity index (χ4n) is 3.16. The second-order valence-corrected chi connectivity index (χ2v) is 6.39. The Morgan fingerprint density at radius 1 is 1.21 bits per heavy atom. The standard InChI is InChI=1S/C19H17N3O6/c23-19(27-12-14-11-18(28-20-14)17-4-3-9-26-17)13-5-6-15(16(10-13)22(24)25)21-7-1-2-8-21/h3-6,9-11H,1-2,7-8,12H2. The van der Waals surface area contributed by atoms with Gasteiger partial charge >= 0.3 is 5.97 Å². The summed E-state index contributed by atoms with van der Waals surface area (Å²) in [7, 11) is 0. The number of ether oxygens (including phenoxy) is 1. The van der Waals surface area contributed by atoms with Gasteiger partial charge in [-0.25, -0.2) is 4.79 Å². The van der Waals surface area contributed by atoms with E-state index in [2.05, 4.69) is 5.16 Å². The van der Waals surface area contributed by atoms with Crippen LogP contribution in [0.2, 0.25) is 0 Å². The summed E-state index contributed by atoms with van der Waals surface area (Å²) in [6.07, 6.45) is 3.51. The molecule has 0 unspecified atom stereocenters. The van der Waals surface area contributed by atoms with Crippen LogP contribution in [0.25, 0.3) is 11.5 Å². The highest BCUT2D eigenvalue weighted by Crippen LogP contribution is 2.32. The van der Waals surface area contributed by atoms with E-state index < -0.39 is 10.9 Å². The Morgan fingerprint density at radius 2 is 2.04 bits per heavy atom. The predicted molar refractivity (Wildman–Crippen MR) is 97.9 cm³/mol. The molecule has 28 heavy (non-hydrogen) atoms. The zero-order chi connectivity index (χ0) is 19.5. The highest BCUT2D eigenvalue weighted by molar-refractivity contribution is 5.91. The minimum absolute atomic E-state index is 0.0992. The number of aromatic nitrogens is 1. The molecule has 0 N–H and O–H groups in total. The topological polar surface area (TPSA) is 112 Å². The molecule has 144 valence electrons. The van der Waals surface area contributed by atoms with Gasteiger partial charge in [-0.1, -0.05) is 5.16 Å². The Balaban J connectivity index is 1.46. The molecule has 0 radical (unpaired) electrons. The second-order valence-electron chi connectivity index (χ2n) is 6.39. The maximum Gasteiger partial charge on any atom is 0.338 e. The first-order valence-electron chi connectivity index (χ1n) is 8.82. The summed E-state index contributed by atoms with van der Waals surface area (Å²) < 4.78 is 15.6. The SMILES string of the molecule is O=C(OCc1cc(-c2ccco2)on1)c1ccc(N2CCCC2)c([N+](=O)[O-])c1. The van der Waals surface area contributed by atoms with Crippen LogP contribution in [0.3, 0.4) is 0 Å². The number of rotatable bonds is 6. The molecule has 1 saturated heterocycles. The molecule has 0 saturated carbocycles. The summed E-state index contributed by atoms with van der Waals surface area (Å²) >= 11 is 0. The van der Waals surface area contributed by atoms with Gasteiger partial charge in [0.15, 0.2) is 5.76 Å². The zero-order valence-electron chi connectivity index (χ0n) is 14.9. The smallest absolute Gasteiger partial charge is 0.338 e. The lowest BCUT2D eigenvalue weighted by Gasteiger charge is -2.17. The van der Waals surface area contributed by atoms with E-state index >= 15 is 0 Å². The lowest BCUT2D eigenvalue weighted by atomic mass is 10.1. The molecule has 0 aliphatic carbocycles. The summed E-state index contributed by atoms with van der Waals surface area (Å²) in [6, 6.07) is 9.44. The van der Waals surface area contributed by atoms with Crippen molar-refractivity contribution in [2.45, 2.75) is 19.4 Å². The highest BCUT2D eigenvalue weighted by atomic mass is 16.6. The van der Waals surface area contributed by atoms with Crippen LogP contribution in [0.4, 0.5) is 11.4 Å². The molecule has 3 heterocycles. The van der Waals surface area contributed by atoms with Gasteiger partial charge in [0.2, 0.25) is 5.76 Å². The van der Waals surface area contributed by atoms with Crippen LogP contribution in [0.15, 0.2) is 51.6 Å². The van der Waals surface area contributed by atoms with Gasteiger partial charge in [-0.3, -0.25) is 10.1 Å². The molecule has 3 aromatic rings. The Morgan fingerprint density at radius 3 is 2.75 bits per heavy atom. The molecule has 1 aromatic carbocycles. The number of nitro groups is 1. The minimum Gasteiger partial charge on any atom is -0.461 e. The number of hydrogen-bond acceptors (Lipinski definition) is 8. The van der Waals surface area contributed by atoms with E-state index in [-0.39, 0.29) is 17.9 Å². The summed E-state index contributed by atoms with van der Waals surface area (Å²) in [5, 5.41) is 15.3. The fourth-order valence-corrected chi connectivity index (χ4v) is 3.16. The van der Waals surface area contributed by atoms with E-state index in [0.717, 1.165) is 25.9 Å². The van der Waals surface area contributed by atoms with Gasteiger partial charge in [0.05, 0.1) is 16.7 Å².